The van der Waals surface area contributed by atoms with E-state index in [9.17, 15) is 14.9 Å². The summed E-state index contributed by atoms with van der Waals surface area (Å²) >= 11 is 15.1. The van der Waals surface area contributed by atoms with E-state index in [1.165, 1.54) is 12.1 Å². The highest BCUT2D eigenvalue weighted by Crippen LogP contribution is 2.28. The van der Waals surface area contributed by atoms with Gasteiger partial charge in [-0.05, 0) is 24.3 Å². The largest absolute Gasteiger partial charge is 0.321 e. The van der Waals surface area contributed by atoms with Crippen LogP contribution in [0, 0.1) is 10.1 Å². The van der Waals surface area contributed by atoms with Crippen LogP contribution in [-0.4, -0.2) is 10.8 Å². The van der Waals surface area contributed by atoms with Crippen molar-refractivity contribution in [1.82, 2.24) is 0 Å². The third-order valence-corrected chi connectivity index (χ3v) is 3.72. The van der Waals surface area contributed by atoms with Crippen LogP contribution in [0.3, 0.4) is 0 Å². The van der Waals surface area contributed by atoms with Crippen LogP contribution in [0.2, 0.25) is 10.0 Å². The van der Waals surface area contributed by atoms with Crippen LogP contribution in [0.1, 0.15) is 10.4 Å². The van der Waals surface area contributed by atoms with E-state index in [0.717, 1.165) is 10.5 Å². The third kappa shape index (κ3) is 3.72. The fourth-order valence-corrected chi connectivity index (χ4v) is 2.37. The number of benzene rings is 2. The van der Waals surface area contributed by atoms with Crippen LogP contribution in [0.5, 0.6) is 0 Å². The molecule has 5 nitrogen and oxygen atoms in total. The number of carbonyl (C=O) groups is 1. The summed E-state index contributed by atoms with van der Waals surface area (Å²) in [5.41, 5.74) is 0.348. The number of anilines is 1. The van der Waals surface area contributed by atoms with E-state index in [2.05, 4.69) is 21.2 Å². The molecular formula is C13H7BrCl2N2O3. The number of carbonyl (C=O) groups excluding carboxylic acids is 1. The molecule has 21 heavy (non-hydrogen) atoms. The van der Waals surface area contributed by atoms with Gasteiger partial charge in [-0.25, -0.2) is 0 Å². The number of amides is 1. The lowest BCUT2D eigenvalue weighted by molar-refractivity contribution is -0.384. The van der Waals surface area contributed by atoms with Crippen molar-refractivity contribution in [3.05, 3.63) is 66.6 Å². The van der Waals surface area contributed by atoms with Gasteiger partial charge in [0.05, 0.1) is 26.2 Å². The second-order valence-electron chi connectivity index (χ2n) is 4.00. The van der Waals surface area contributed by atoms with E-state index < -0.39 is 10.8 Å². The zero-order valence-electron chi connectivity index (χ0n) is 10.3. The zero-order valence-corrected chi connectivity index (χ0v) is 13.4. The highest BCUT2D eigenvalue weighted by molar-refractivity contribution is 9.10. The van der Waals surface area contributed by atoms with Gasteiger partial charge in [-0.2, -0.15) is 0 Å². The maximum Gasteiger partial charge on any atom is 0.270 e. The number of rotatable bonds is 3. The summed E-state index contributed by atoms with van der Waals surface area (Å²) in [6.07, 6.45) is 0. The van der Waals surface area contributed by atoms with E-state index in [4.69, 9.17) is 23.2 Å². The lowest BCUT2D eigenvalue weighted by Crippen LogP contribution is -2.13. The molecule has 0 saturated heterocycles. The zero-order chi connectivity index (χ0) is 15.6. The number of non-ortho nitro benzene ring substituents is 1. The lowest BCUT2D eigenvalue weighted by Gasteiger charge is -2.08. The van der Waals surface area contributed by atoms with Crippen LogP contribution >= 0.6 is 39.1 Å². The van der Waals surface area contributed by atoms with Gasteiger partial charge in [0.25, 0.3) is 11.6 Å². The molecule has 0 fully saturated rings. The second kappa shape index (κ2) is 6.43. The Morgan fingerprint density at radius 1 is 1.14 bits per heavy atom. The van der Waals surface area contributed by atoms with Crippen LogP contribution in [0.25, 0.3) is 0 Å². The van der Waals surface area contributed by atoms with Gasteiger partial charge < -0.3 is 5.32 Å². The van der Waals surface area contributed by atoms with Gasteiger partial charge in [0, 0.05) is 16.6 Å². The first-order chi connectivity index (χ1) is 9.88. The fraction of sp³-hybridized carbons (Fsp3) is 0. The van der Waals surface area contributed by atoms with Crippen molar-refractivity contribution in [2.24, 2.45) is 0 Å². The summed E-state index contributed by atoms with van der Waals surface area (Å²) in [4.78, 5) is 22.2. The first kappa shape index (κ1) is 15.8. The summed E-state index contributed by atoms with van der Waals surface area (Å²) in [6, 6.07) is 8.62. The maximum absolute atomic E-state index is 12.1. The minimum atomic E-state index is -0.585. The normalized spacial score (nSPS) is 10.2. The molecule has 0 aliphatic heterocycles. The Bertz CT molecular complexity index is 737. The summed E-state index contributed by atoms with van der Waals surface area (Å²) in [5.74, 6) is -0.505. The molecule has 2 aromatic carbocycles. The van der Waals surface area contributed by atoms with Crippen LogP contribution < -0.4 is 5.32 Å². The Kier molecular flexibility index (Phi) is 4.82. The van der Waals surface area contributed by atoms with Gasteiger partial charge >= 0.3 is 0 Å². The van der Waals surface area contributed by atoms with Gasteiger partial charge in [-0.3, -0.25) is 14.9 Å². The van der Waals surface area contributed by atoms with E-state index in [1.807, 2.05) is 0 Å². The molecule has 0 aliphatic carbocycles. The van der Waals surface area contributed by atoms with Crippen LogP contribution in [0.4, 0.5) is 11.4 Å². The number of nitrogens with one attached hydrogen (secondary N) is 1. The molecule has 8 heteroatoms. The molecule has 0 unspecified atom stereocenters. The van der Waals surface area contributed by atoms with Crippen molar-refractivity contribution in [3.8, 4) is 0 Å². The molecule has 2 aromatic rings. The molecule has 0 spiro atoms. The molecule has 0 aliphatic rings. The minimum absolute atomic E-state index is 0.00665. The molecule has 1 amide bonds. The Labute approximate surface area is 138 Å². The number of nitro benzene ring substituents is 1. The Morgan fingerprint density at radius 2 is 1.86 bits per heavy atom. The van der Waals surface area contributed by atoms with Gasteiger partial charge in [-0.15, -0.1) is 0 Å². The number of hydrogen-bond acceptors (Lipinski definition) is 3. The molecule has 108 valence electrons. The third-order valence-electron chi connectivity index (χ3n) is 2.58. The van der Waals surface area contributed by atoms with Gasteiger partial charge in [0.15, 0.2) is 0 Å². The van der Waals surface area contributed by atoms with Crippen molar-refractivity contribution in [2.75, 3.05) is 5.32 Å². The highest BCUT2D eigenvalue weighted by atomic mass is 79.9. The Balaban J connectivity index is 2.28. The summed E-state index contributed by atoms with van der Waals surface area (Å²) < 4.78 is 0.747. The molecule has 1 N–H and O–H groups in total. The predicted molar refractivity (Wildman–Crippen MR) is 85.2 cm³/mol. The van der Waals surface area contributed by atoms with Crippen LogP contribution in [-0.2, 0) is 0 Å². The average molecular weight is 390 g/mol. The topological polar surface area (TPSA) is 72.2 Å². The molecule has 0 aromatic heterocycles. The first-order valence-electron chi connectivity index (χ1n) is 5.59. The summed E-state index contributed by atoms with van der Waals surface area (Å²) in [7, 11) is 0. The van der Waals surface area contributed by atoms with Gasteiger partial charge in [0.1, 0.15) is 0 Å². The summed E-state index contributed by atoms with van der Waals surface area (Å²) in [6.45, 7) is 0. The average Bonchev–Trinajstić information content (AvgIpc) is 2.42. The SMILES string of the molecule is O=C(Nc1cc(Br)ccc1Cl)c1ccc([N+](=O)[O-])cc1Cl. The second-order valence-corrected chi connectivity index (χ2v) is 5.73. The smallest absolute Gasteiger partial charge is 0.270 e. The molecule has 0 bridgehead atoms. The lowest BCUT2D eigenvalue weighted by atomic mass is 10.2. The fourth-order valence-electron chi connectivity index (χ4n) is 1.58. The Morgan fingerprint density at radius 3 is 2.48 bits per heavy atom. The van der Waals surface area contributed by atoms with E-state index in [-0.39, 0.29) is 16.3 Å². The van der Waals surface area contributed by atoms with Crippen molar-refractivity contribution in [2.45, 2.75) is 0 Å². The molecule has 0 radical (unpaired) electrons. The molecule has 0 heterocycles. The van der Waals surface area contributed by atoms with E-state index >= 15 is 0 Å². The molecule has 0 atom stereocenters. The standard InChI is InChI=1S/C13H7BrCl2N2O3/c14-7-1-4-10(15)12(5-7)17-13(19)9-3-2-8(18(20)21)6-11(9)16/h1-6H,(H,17,19). The van der Waals surface area contributed by atoms with E-state index in [0.29, 0.717) is 10.7 Å². The highest BCUT2D eigenvalue weighted by Gasteiger charge is 2.16. The number of nitro groups is 1. The number of halogens is 3. The van der Waals surface area contributed by atoms with Crippen molar-refractivity contribution < 1.29 is 9.72 Å². The van der Waals surface area contributed by atoms with Crippen molar-refractivity contribution in [3.63, 3.8) is 0 Å². The number of hydrogen-bond donors (Lipinski definition) is 1. The molecule has 2 rings (SSSR count). The minimum Gasteiger partial charge on any atom is -0.321 e. The number of nitrogens with zero attached hydrogens (tertiary/aromatic N) is 1. The monoisotopic (exact) mass is 388 g/mol. The van der Waals surface area contributed by atoms with Gasteiger partial charge in [0.2, 0.25) is 0 Å². The van der Waals surface area contributed by atoms with Crippen molar-refractivity contribution in [1.29, 1.82) is 0 Å². The van der Waals surface area contributed by atoms with Gasteiger partial charge in [-0.1, -0.05) is 39.1 Å². The maximum atomic E-state index is 12.1. The summed E-state index contributed by atoms with van der Waals surface area (Å²) in [5, 5.41) is 13.6. The van der Waals surface area contributed by atoms with Crippen molar-refractivity contribution >= 4 is 56.4 Å². The first-order valence-corrected chi connectivity index (χ1v) is 7.13. The predicted octanol–water partition coefficient (Wildman–Crippen LogP) is 4.92. The molecular weight excluding hydrogens is 383 g/mol. The van der Waals surface area contributed by atoms with E-state index in [1.54, 1.807) is 18.2 Å². The quantitative estimate of drug-likeness (QED) is 0.598. The molecule has 0 saturated carbocycles. The Hall–Kier alpha value is -1.63. The van der Waals surface area contributed by atoms with Crippen LogP contribution in [0.15, 0.2) is 40.9 Å².